The normalized spacial score (nSPS) is 31.9. The Hall–Kier alpha value is -0.300. The van der Waals surface area contributed by atoms with E-state index in [9.17, 15) is 0 Å². The maximum atomic E-state index is 8.66. The summed E-state index contributed by atoms with van der Waals surface area (Å²) in [6.45, 7) is 4.58. The van der Waals surface area contributed by atoms with E-state index in [1.807, 2.05) is 0 Å². The molecule has 9 heavy (non-hydrogen) atoms. The van der Waals surface area contributed by atoms with Crippen LogP contribution >= 0.6 is 0 Å². The minimum atomic E-state index is 0.369. The first-order valence-electron chi connectivity index (χ1n) is 3.50. The SMILES string of the molecule is CC(C)=C[C@H]1CC1CO. The third-order valence-corrected chi connectivity index (χ3v) is 1.76. The second-order valence-electron chi connectivity index (χ2n) is 3.09. The van der Waals surface area contributed by atoms with Gasteiger partial charge in [-0.15, -0.1) is 0 Å². The van der Waals surface area contributed by atoms with E-state index in [0.717, 1.165) is 0 Å². The molecule has 1 saturated carbocycles. The van der Waals surface area contributed by atoms with Gasteiger partial charge in [-0.25, -0.2) is 0 Å². The lowest BCUT2D eigenvalue weighted by atomic mass is 10.2. The van der Waals surface area contributed by atoms with Gasteiger partial charge in [0.2, 0.25) is 0 Å². The first-order valence-corrected chi connectivity index (χ1v) is 3.50. The topological polar surface area (TPSA) is 20.2 Å². The van der Waals surface area contributed by atoms with Gasteiger partial charge in [-0.1, -0.05) is 11.6 Å². The summed E-state index contributed by atoms with van der Waals surface area (Å²) in [6.07, 6.45) is 3.45. The predicted molar refractivity (Wildman–Crippen MR) is 38.1 cm³/mol. The minimum Gasteiger partial charge on any atom is -0.396 e. The van der Waals surface area contributed by atoms with Crippen molar-refractivity contribution in [2.45, 2.75) is 20.3 Å². The van der Waals surface area contributed by atoms with E-state index < -0.39 is 0 Å². The zero-order valence-corrected chi connectivity index (χ0v) is 6.09. The van der Waals surface area contributed by atoms with Crippen molar-refractivity contribution in [3.8, 4) is 0 Å². The molecule has 1 heteroatoms. The van der Waals surface area contributed by atoms with E-state index in [2.05, 4.69) is 19.9 Å². The summed E-state index contributed by atoms with van der Waals surface area (Å²) >= 11 is 0. The molecule has 0 aromatic carbocycles. The Labute approximate surface area is 56.4 Å². The van der Waals surface area contributed by atoms with E-state index in [4.69, 9.17) is 5.11 Å². The van der Waals surface area contributed by atoms with Crippen molar-refractivity contribution >= 4 is 0 Å². The number of allylic oxidation sites excluding steroid dienone is 2. The fourth-order valence-corrected chi connectivity index (χ4v) is 1.11. The largest absolute Gasteiger partial charge is 0.396 e. The van der Waals surface area contributed by atoms with Crippen molar-refractivity contribution in [2.75, 3.05) is 6.61 Å². The number of hydrogen-bond acceptors (Lipinski definition) is 1. The van der Waals surface area contributed by atoms with Crippen LogP contribution in [0.25, 0.3) is 0 Å². The van der Waals surface area contributed by atoms with Gasteiger partial charge in [0.25, 0.3) is 0 Å². The molecule has 0 spiro atoms. The molecule has 2 atom stereocenters. The Morgan fingerprint density at radius 3 is 2.67 bits per heavy atom. The lowest BCUT2D eigenvalue weighted by Gasteiger charge is -1.88. The van der Waals surface area contributed by atoms with Gasteiger partial charge in [-0.2, -0.15) is 0 Å². The average molecular weight is 126 g/mol. The van der Waals surface area contributed by atoms with Gasteiger partial charge in [0.05, 0.1) is 0 Å². The van der Waals surface area contributed by atoms with Crippen LogP contribution in [0.2, 0.25) is 0 Å². The Balaban J connectivity index is 2.27. The summed E-state index contributed by atoms with van der Waals surface area (Å²) in [5, 5.41) is 8.66. The van der Waals surface area contributed by atoms with E-state index in [-0.39, 0.29) is 0 Å². The van der Waals surface area contributed by atoms with Gasteiger partial charge in [-0.05, 0) is 32.1 Å². The monoisotopic (exact) mass is 126 g/mol. The summed E-state index contributed by atoms with van der Waals surface area (Å²) in [5.74, 6) is 1.28. The second kappa shape index (κ2) is 2.53. The summed E-state index contributed by atoms with van der Waals surface area (Å²) in [6, 6.07) is 0. The van der Waals surface area contributed by atoms with Gasteiger partial charge in [0.1, 0.15) is 0 Å². The number of hydrogen-bond donors (Lipinski definition) is 1. The van der Waals surface area contributed by atoms with Crippen LogP contribution in [0, 0.1) is 11.8 Å². The maximum absolute atomic E-state index is 8.66. The Bertz CT molecular complexity index is 123. The van der Waals surface area contributed by atoms with Crippen molar-refractivity contribution < 1.29 is 5.11 Å². The fraction of sp³-hybridized carbons (Fsp3) is 0.750. The molecule has 0 aromatic rings. The first kappa shape index (κ1) is 6.81. The van der Waals surface area contributed by atoms with Crippen LogP contribution < -0.4 is 0 Å². The van der Waals surface area contributed by atoms with Crippen molar-refractivity contribution in [1.82, 2.24) is 0 Å². The summed E-state index contributed by atoms with van der Waals surface area (Å²) in [5.41, 5.74) is 1.37. The average Bonchev–Trinajstić information content (AvgIpc) is 2.45. The number of rotatable bonds is 2. The molecule has 1 N–H and O–H groups in total. The molecule has 52 valence electrons. The van der Waals surface area contributed by atoms with Crippen LogP contribution in [-0.4, -0.2) is 11.7 Å². The Morgan fingerprint density at radius 1 is 1.67 bits per heavy atom. The Kier molecular flexibility index (Phi) is 1.91. The molecule has 0 heterocycles. The zero-order chi connectivity index (χ0) is 6.85. The molecule has 0 radical (unpaired) electrons. The summed E-state index contributed by atoms with van der Waals surface area (Å²) in [4.78, 5) is 0. The molecule has 1 aliphatic rings. The second-order valence-corrected chi connectivity index (χ2v) is 3.09. The molecule has 0 saturated heterocycles. The van der Waals surface area contributed by atoms with Crippen molar-refractivity contribution in [2.24, 2.45) is 11.8 Å². The smallest absolute Gasteiger partial charge is 0.0465 e. The number of aliphatic hydroxyl groups is 1. The van der Waals surface area contributed by atoms with E-state index in [0.29, 0.717) is 18.4 Å². The molecule has 0 aliphatic heterocycles. The first-order chi connectivity index (χ1) is 4.24. The van der Waals surface area contributed by atoms with Crippen molar-refractivity contribution in [1.29, 1.82) is 0 Å². The van der Waals surface area contributed by atoms with E-state index in [1.54, 1.807) is 0 Å². The van der Waals surface area contributed by atoms with Crippen LogP contribution in [-0.2, 0) is 0 Å². The van der Waals surface area contributed by atoms with Crippen molar-refractivity contribution in [3.63, 3.8) is 0 Å². The molecule has 0 amide bonds. The van der Waals surface area contributed by atoms with E-state index >= 15 is 0 Å². The highest BCUT2D eigenvalue weighted by Crippen LogP contribution is 2.39. The molecular formula is C8H14O. The quantitative estimate of drug-likeness (QED) is 0.557. The third-order valence-electron chi connectivity index (χ3n) is 1.76. The summed E-state index contributed by atoms with van der Waals surface area (Å²) < 4.78 is 0. The van der Waals surface area contributed by atoms with Crippen LogP contribution in [0.3, 0.4) is 0 Å². The van der Waals surface area contributed by atoms with Gasteiger partial charge in [-0.3, -0.25) is 0 Å². The molecule has 0 aromatic heterocycles. The lowest BCUT2D eigenvalue weighted by molar-refractivity contribution is 0.272. The van der Waals surface area contributed by atoms with Crippen LogP contribution in [0.15, 0.2) is 11.6 Å². The zero-order valence-electron chi connectivity index (χ0n) is 6.09. The summed E-state index contributed by atoms with van der Waals surface area (Å²) in [7, 11) is 0. The molecule has 1 nitrogen and oxygen atoms in total. The van der Waals surface area contributed by atoms with Crippen LogP contribution in [0.5, 0.6) is 0 Å². The molecule has 0 bridgehead atoms. The van der Waals surface area contributed by atoms with Gasteiger partial charge in [0.15, 0.2) is 0 Å². The molecule has 1 unspecified atom stereocenters. The minimum absolute atomic E-state index is 0.369. The molecular weight excluding hydrogens is 112 g/mol. The highest BCUT2D eigenvalue weighted by molar-refractivity contribution is 5.06. The standard InChI is InChI=1S/C8H14O/c1-6(2)3-7-4-8(7)5-9/h3,7-9H,4-5H2,1-2H3/t7-,8?/m0/s1. The van der Waals surface area contributed by atoms with Crippen molar-refractivity contribution in [3.05, 3.63) is 11.6 Å². The highest BCUT2D eigenvalue weighted by atomic mass is 16.3. The fourth-order valence-electron chi connectivity index (χ4n) is 1.11. The van der Waals surface area contributed by atoms with Gasteiger partial charge in [0, 0.05) is 6.61 Å². The van der Waals surface area contributed by atoms with Crippen LogP contribution in [0.1, 0.15) is 20.3 Å². The Morgan fingerprint density at radius 2 is 2.33 bits per heavy atom. The van der Waals surface area contributed by atoms with Crippen LogP contribution in [0.4, 0.5) is 0 Å². The molecule has 1 rings (SSSR count). The highest BCUT2D eigenvalue weighted by Gasteiger charge is 2.33. The molecule has 1 aliphatic carbocycles. The number of aliphatic hydroxyl groups excluding tert-OH is 1. The third kappa shape index (κ3) is 1.83. The van der Waals surface area contributed by atoms with Gasteiger partial charge >= 0.3 is 0 Å². The van der Waals surface area contributed by atoms with E-state index in [1.165, 1.54) is 12.0 Å². The predicted octanol–water partition coefficient (Wildman–Crippen LogP) is 1.58. The molecule has 1 fully saturated rings. The van der Waals surface area contributed by atoms with Gasteiger partial charge < -0.3 is 5.11 Å². The lowest BCUT2D eigenvalue weighted by Crippen LogP contribution is -1.85. The maximum Gasteiger partial charge on any atom is 0.0465 e.